The van der Waals surface area contributed by atoms with Gasteiger partial charge in [-0.3, -0.25) is 9.63 Å². The number of hydrogen-bond acceptors (Lipinski definition) is 5. The quantitative estimate of drug-likeness (QED) is 0.454. The van der Waals surface area contributed by atoms with Crippen LogP contribution in [0.25, 0.3) is 5.69 Å². The van der Waals surface area contributed by atoms with E-state index in [9.17, 15) is 4.79 Å². The minimum atomic E-state index is -0.0828. The van der Waals surface area contributed by atoms with Crippen molar-refractivity contribution in [3.8, 4) is 22.9 Å². The monoisotopic (exact) mass is 421 g/mol. The number of rotatable bonds is 10. The van der Waals surface area contributed by atoms with Gasteiger partial charge in [-0.05, 0) is 61.2 Å². The lowest BCUT2D eigenvalue weighted by molar-refractivity contribution is -0.168. The van der Waals surface area contributed by atoms with Crippen LogP contribution in [-0.2, 0) is 16.1 Å². The predicted octanol–water partition coefficient (Wildman–Crippen LogP) is 4.41. The van der Waals surface area contributed by atoms with Crippen LogP contribution in [0.15, 0.2) is 60.8 Å². The molecule has 31 heavy (non-hydrogen) atoms. The molecule has 0 atom stereocenters. The molecule has 3 aromatic rings. The molecule has 0 radical (unpaired) electrons. The minimum Gasteiger partial charge on any atom is -0.493 e. The third-order valence-electron chi connectivity index (χ3n) is 5.19. The largest absolute Gasteiger partial charge is 0.493 e. The van der Waals surface area contributed by atoms with Crippen molar-refractivity contribution in [2.24, 2.45) is 5.92 Å². The van der Waals surface area contributed by atoms with Crippen LogP contribution in [0.3, 0.4) is 0 Å². The van der Waals surface area contributed by atoms with E-state index in [0.29, 0.717) is 18.8 Å². The molecule has 162 valence electrons. The fourth-order valence-electron chi connectivity index (χ4n) is 3.06. The van der Waals surface area contributed by atoms with E-state index in [4.69, 9.17) is 14.3 Å². The van der Waals surface area contributed by atoms with Crippen molar-refractivity contribution < 1.29 is 19.1 Å². The topological polar surface area (TPSA) is 65.8 Å². The first-order chi connectivity index (χ1) is 15.1. The number of aryl methyl sites for hydroxylation is 1. The van der Waals surface area contributed by atoms with Crippen LogP contribution in [0.4, 0.5) is 0 Å². The Hall–Kier alpha value is -3.32. The van der Waals surface area contributed by atoms with E-state index in [1.807, 2.05) is 60.8 Å². The van der Waals surface area contributed by atoms with Gasteiger partial charge in [-0.1, -0.05) is 6.07 Å². The average molecular weight is 421 g/mol. The molecule has 1 heterocycles. The Morgan fingerprint density at radius 3 is 2.61 bits per heavy atom. The number of carbonyl (C=O) groups excluding carboxylic acids is 1. The Bertz CT molecular complexity index is 1010. The molecule has 0 bridgehead atoms. The van der Waals surface area contributed by atoms with Crippen molar-refractivity contribution in [1.29, 1.82) is 0 Å². The second kappa shape index (κ2) is 9.66. The molecule has 1 aliphatic carbocycles. The maximum Gasteiger partial charge on any atom is 0.246 e. The number of carbonyl (C=O) groups is 1. The summed E-state index contributed by atoms with van der Waals surface area (Å²) in [5.41, 5.74) is 1.77. The van der Waals surface area contributed by atoms with E-state index in [1.54, 1.807) is 11.7 Å². The first kappa shape index (κ1) is 20.9. The normalized spacial score (nSPS) is 13.1. The molecule has 7 heteroatoms. The molecule has 0 saturated heterocycles. The third-order valence-corrected chi connectivity index (χ3v) is 5.19. The van der Waals surface area contributed by atoms with E-state index < -0.39 is 0 Å². The zero-order valence-corrected chi connectivity index (χ0v) is 17.9. The number of benzene rings is 2. The van der Waals surface area contributed by atoms with Crippen molar-refractivity contribution in [3.63, 3.8) is 0 Å². The van der Waals surface area contributed by atoms with Crippen molar-refractivity contribution in [3.05, 3.63) is 66.5 Å². The van der Waals surface area contributed by atoms with Crippen molar-refractivity contribution in [2.75, 3.05) is 20.8 Å². The first-order valence-electron chi connectivity index (χ1n) is 10.5. The zero-order valence-electron chi connectivity index (χ0n) is 17.9. The summed E-state index contributed by atoms with van der Waals surface area (Å²) in [6.45, 7) is 0.779. The molecule has 1 saturated carbocycles. The van der Waals surface area contributed by atoms with Crippen molar-refractivity contribution in [1.82, 2.24) is 14.8 Å². The summed E-state index contributed by atoms with van der Waals surface area (Å²) in [6, 6.07) is 17.3. The highest BCUT2D eigenvalue weighted by Gasteiger charge is 2.21. The Morgan fingerprint density at radius 1 is 1.10 bits per heavy atom. The molecule has 1 fully saturated rings. The molecule has 1 aromatic heterocycles. The number of hydrogen-bond donors (Lipinski definition) is 0. The maximum absolute atomic E-state index is 11.8. The SMILES string of the molecule is CON(C)C(=O)CCc1ccn(-c2ccc(Oc3cccc(OCC4CC4)c3)cc2)n1. The molecular formula is C24H27N3O4. The van der Waals surface area contributed by atoms with Gasteiger partial charge in [0, 0.05) is 32.2 Å². The molecule has 0 spiro atoms. The molecule has 0 aliphatic heterocycles. The Morgan fingerprint density at radius 2 is 1.87 bits per heavy atom. The van der Waals surface area contributed by atoms with Gasteiger partial charge >= 0.3 is 0 Å². The Kier molecular flexibility index (Phi) is 6.52. The van der Waals surface area contributed by atoms with Gasteiger partial charge in [0.2, 0.25) is 5.91 Å². The smallest absolute Gasteiger partial charge is 0.246 e. The minimum absolute atomic E-state index is 0.0828. The van der Waals surface area contributed by atoms with Gasteiger partial charge in [-0.25, -0.2) is 9.75 Å². The number of nitrogens with zero attached hydrogens (tertiary/aromatic N) is 3. The number of amides is 1. The van der Waals surface area contributed by atoms with Crippen LogP contribution < -0.4 is 9.47 Å². The van der Waals surface area contributed by atoms with Crippen LogP contribution in [-0.4, -0.2) is 41.5 Å². The number of hydroxylamine groups is 2. The zero-order chi connectivity index (χ0) is 21.6. The predicted molar refractivity (Wildman–Crippen MR) is 116 cm³/mol. The van der Waals surface area contributed by atoms with Gasteiger partial charge in [-0.15, -0.1) is 0 Å². The lowest BCUT2D eigenvalue weighted by atomic mass is 10.2. The summed E-state index contributed by atoms with van der Waals surface area (Å²) in [5.74, 6) is 2.95. The highest BCUT2D eigenvalue weighted by Crippen LogP contribution is 2.31. The average Bonchev–Trinajstić information content (AvgIpc) is 3.51. The van der Waals surface area contributed by atoms with Gasteiger partial charge in [0.05, 0.1) is 25.1 Å². The fraction of sp³-hybridized carbons (Fsp3) is 0.333. The first-order valence-corrected chi connectivity index (χ1v) is 10.5. The second-order valence-electron chi connectivity index (χ2n) is 7.65. The summed E-state index contributed by atoms with van der Waals surface area (Å²) in [4.78, 5) is 16.7. The molecule has 4 rings (SSSR count). The van der Waals surface area contributed by atoms with E-state index in [1.165, 1.54) is 25.0 Å². The van der Waals surface area contributed by atoms with Gasteiger partial charge in [0.1, 0.15) is 17.2 Å². The van der Waals surface area contributed by atoms with Gasteiger partial charge < -0.3 is 9.47 Å². The summed E-state index contributed by atoms with van der Waals surface area (Å²) < 4.78 is 13.6. The summed E-state index contributed by atoms with van der Waals surface area (Å²) in [7, 11) is 3.07. The van der Waals surface area contributed by atoms with Gasteiger partial charge in [-0.2, -0.15) is 5.10 Å². The standard InChI is InChI=1S/C24H27N3O4/c1-26(29-2)24(28)13-8-19-14-15-27(25-19)20-9-11-21(12-10-20)31-23-5-3-4-22(16-23)30-17-18-6-7-18/h3-5,9-12,14-16,18H,6-8,13,17H2,1-2H3. The van der Waals surface area contributed by atoms with Crippen LogP contribution in [0, 0.1) is 5.92 Å². The molecule has 0 N–H and O–H groups in total. The van der Waals surface area contributed by atoms with Gasteiger partial charge in [0.25, 0.3) is 0 Å². The van der Waals surface area contributed by atoms with Crippen LogP contribution in [0.2, 0.25) is 0 Å². The van der Waals surface area contributed by atoms with Crippen LogP contribution in [0.1, 0.15) is 25.0 Å². The number of aromatic nitrogens is 2. The highest BCUT2D eigenvalue weighted by molar-refractivity contribution is 5.74. The van der Waals surface area contributed by atoms with Crippen molar-refractivity contribution >= 4 is 5.91 Å². The molecular weight excluding hydrogens is 394 g/mol. The van der Waals surface area contributed by atoms with Gasteiger partial charge in [0.15, 0.2) is 0 Å². The summed E-state index contributed by atoms with van der Waals surface area (Å²) >= 11 is 0. The third kappa shape index (κ3) is 5.86. The van der Waals surface area contributed by atoms with Crippen LogP contribution >= 0.6 is 0 Å². The van der Waals surface area contributed by atoms with E-state index in [0.717, 1.165) is 35.2 Å². The molecule has 2 aromatic carbocycles. The van der Waals surface area contributed by atoms with E-state index in [2.05, 4.69) is 5.10 Å². The van der Waals surface area contributed by atoms with E-state index in [-0.39, 0.29) is 5.91 Å². The summed E-state index contributed by atoms with van der Waals surface area (Å²) in [6.07, 6.45) is 5.32. The number of ether oxygens (including phenoxy) is 2. The maximum atomic E-state index is 11.8. The molecule has 1 amide bonds. The fourth-order valence-corrected chi connectivity index (χ4v) is 3.06. The molecule has 0 unspecified atom stereocenters. The highest BCUT2D eigenvalue weighted by atomic mass is 16.7. The van der Waals surface area contributed by atoms with E-state index >= 15 is 0 Å². The lowest BCUT2D eigenvalue weighted by Gasteiger charge is -2.12. The lowest BCUT2D eigenvalue weighted by Crippen LogP contribution is -2.25. The molecule has 1 aliphatic rings. The van der Waals surface area contributed by atoms with Crippen LogP contribution in [0.5, 0.6) is 17.2 Å². The Labute approximate surface area is 182 Å². The van der Waals surface area contributed by atoms with Crippen molar-refractivity contribution in [2.45, 2.75) is 25.7 Å². The Balaban J connectivity index is 1.33. The second-order valence-corrected chi connectivity index (χ2v) is 7.65. The molecule has 7 nitrogen and oxygen atoms in total. The summed E-state index contributed by atoms with van der Waals surface area (Å²) in [5, 5.41) is 5.78.